The van der Waals surface area contributed by atoms with Crippen molar-refractivity contribution in [3.63, 3.8) is 0 Å². The third kappa shape index (κ3) is 6.96. The third-order valence-corrected chi connectivity index (χ3v) is 3.15. The molecule has 0 unspecified atom stereocenters. The number of benzene rings is 1. The topological polar surface area (TPSA) is 103 Å². The molecule has 0 aromatic heterocycles. The molecule has 27 heavy (non-hydrogen) atoms. The molecule has 1 amide bonds. The lowest BCUT2D eigenvalue weighted by Gasteiger charge is -2.12. The molecule has 0 saturated heterocycles. The summed E-state index contributed by atoms with van der Waals surface area (Å²) in [6, 6.07) is 7.18. The van der Waals surface area contributed by atoms with Crippen LogP contribution in [0.4, 0.5) is 0 Å². The van der Waals surface area contributed by atoms with Crippen molar-refractivity contribution >= 4 is 23.2 Å². The van der Waals surface area contributed by atoms with Gasteiger partial charge in [0.05, 0.1) is 6.10 Å². The maximum Gasteiger partial charge on any atom is 0.275 e. The minimum Gasteiger partial charge on any atom is -0.472 e. The molecule has 9 heteroatoms. The van der Waals surface area contributed by atoms with Gasteiger partial charge in [-0.1, -0.05) is 34.6 Å². The first-order valence-corrected chi connectivity index (χ1v) is 8.30. The molecule has 0 aliphatic carbocycles. The molecule has 0 spiro atoms. The van der Waals surface area contributed by atoms with E-state index in [1.165, 1.54) is 21.3 Å². The molecular weight excluding hydrogens is 352 g/mol. The van der Waals surface area contributed by atoms with Crippen LogP contribution in [-0.2, 0) is 30.7 Å². The Labute approximate surface area is 159 Å². The number of ether oxygens (including phenoxy) is 1. The molecule has 1 rings (SSSR count). The van der Waals surface area contributed by atoms with Gasteiger partial charge in [0, 0.05) is 18.2 Å². The molecular formula is C18H26N4O5. The predicted octanol–water partition coefficient (Wildman–Crippen LogP) is 2.06. The standard InChI is InChI=1S/C18H26N4O5/c1-12(2)27-18(22-25-6)13(3)20-26-11-14-9-7-8-10-15(14)16(21-24-5)17(23)19-4/h7-10,12H,11H2,1-6H3,(H,19,23). The van der Waals surface area contributed by atoms with Gasteiger partial charge in [-0.25, -0.2) is 0 Å². The van der Waals surface area contributed by atoms with Crippen LogP contribution < -0.4 is 5.32 Å². The highest BCUT2D eigenvalue weighted by atomic mass is 16.6. The average Bonchev–Trinajstić information content (AvgIpc) is 2.65. The predicted molar refractivity (Wildman–Crippen MR) is 103 cm³/mol. The smallest absolute Gasteiger partial charge is 0.275 e. The molecule has 1 aromatic rings. The molecule has 0 aliphatic rings. The Morgan fingerprint density at radius 2 is 1.78 bits per heavy atom. The lowest BCUT2D eigenvalue weighted by Crippen LogP contribution is -2.29. The fourth-order valence-electron chi connectivity index (χ4n) is 2.02. The SMILES string of the molecule is CNC(=O)C(=NOC)c1ccccc1CON=C(C)C(=NOC)OC(C)C. The molecule has 148 valence electrons. The maximum absolute atomic E-state index is 12.1. The van der Waals surface area contributed by atoms with Gasteiger partial charge < -0.3 is 24.6 Å². The van der Waals surface area contributed by atoms with Crippen LogP contribution in [-0.4, -0.2) is 50.6 Å². The van der Waals surface area contributed by atoms with E-state index in [4.69, 9.17) is 19.2 Å². The number of rotatable bonds is 9. The molecule has 0 saturated carbocycles. The summed E-state index contributed by atoms with van der Waals surface area (Å²) in [5.74, 6) is -0.142. The number of amides is 1. The second-order valence-corrected chi connectivity index (χ2v) is 5.55. The summed E-state index contributed by atoms with van der Waals surface area (Å²) in [4.78, 5) is 27.0. The van der Waals surface area contributed by atoms with Gasteiger partial charge in [-0.05, 0) is 25.9 Å². The summed E-state index contributed by atoms with van der Waals surface area (Å²) in [5, 5.41) is 14.1. The Bertz CT molecular complexity index is 713. The lowest BCUT2D eigenvalue weighted by atomic mass is 10.0. The summed E-state index contributed by atoms with van der Waals surface area (Å²) in [7, 11) is 4.32. The summed E-state index contributed by atoms with van der Waals surface area (Å²) in [6.07, 6.45) is -0.0925. The van der Waals surface area contributed by atoms with Crippen molar-refractivity contribution in [2.75, 3.05) is 21.3 Å². The number of nitrogens with zero attached hydrogens (tertiary/aromatic N) is 3. The minimum absolute atomic E-state index is 0.0925. The van der Waals surface area contributed by atoms with Crippen molar-refractivity contribution in [3.8, 4) is 0 Å². The highest BCUT2D eigenvalue weighted by Gasteiger charge is 2.17. The number of hydrogen-bond acceptors (Lipinski definition) is 8. The van der Waals surface area contributed by atoms with Crippen molar-refractivity contribution in [2.24, 2.45) is 15.5 Å². The second kappa shape index (κ2) is 11.5. The van der Waals surface area contributed by atoms with Crippen molar-refractivity contribution in [1.82, 2.24) is 5.32 Å². The Kier molecular flexibility index (Phi) is 9.35. The van der Waals surface area contributed by atoms with Crippen LogP contribution in [0.15, 0.2) is 39.7 Å². The van der Waals surface area contributed by atoms with Gasteiger partial charge in [0.15, 0.2) is 5.71 Å². The molecule has 0 bridgehead atoms. The fourth-order valence-corrected chi connectivity index (χ4v) is 2.02. The molecule has 1 N–H and O–H groups in total. The average molecular weight is 378 g/mol. The Hall–Kier alpha value is -3.10. The number of oxime groups is 3. The van der Waals surface area contributed by atoms with Crippen LogP contribution in [0.1, 0.15) is 31.9 Å². The number of carbonyl (C=O) groups is 1. The quantitative estimate of drug-likeness (QED) is 0.402. The van der Waals surface area contributed by atoms with E-state index in [1.54, 1.807) is 19.1 Å². The monoisotopic (exact) mass is 378 g/mol. The Morgan fingerprint density at radius 3 is 2.37 bits per heavy atom. The number of hydrogen-bond donors (Lipinski definition) is 1. The van der Waals surface area contributed by atoms with E-state index < -0.39 is 0 Å². The minimum atomic E-state index is -0.371. The van der Waals surface area contributed by atoms with Crippen LogP contribution in [0.5, 0.6) is 0 Å². The van der Waals surface area contributed by atoms with Crippen molar-refractivity contribution < 1.29 is 24.0 Å². The van der Waals surface area contributed by atoms with Crippen molar-refractivity contribution in [3.05, 3.63) is 35.4 Å². The summed E-state index contributed by atoms with van der Waals surface area (Å²) in [6.45, 7) is 5.53. The molecule has 0 fully saturated rings. The normalized spacial score (nSPS) is 12.6. The largest absolute Gasteiger partial charge is 0.472 e. The zero-order valence-corrected chi connectivity index (χ0v) is 16.5. The van der Waals surface area contributed by atoms with E-state index in [1.807, 2.05) is 26.0 Å². The van der Waals surface area contributed by atoms with Crippen LogP contribution in [0.25, 0.3) is 0 Å². The first-order valence-electron chi connectivity index (χ1n) is 8.30. The summed E-state index contributed by atoms with van der Waals surface area (Å²) >= 11 is 0. The Balaban J connectivity index is 2.99. The van der Waals surface area contributed by atoms with Crippen LogP contribution >= 0.6 is 0 Å². The van der Waals surface area contributed by atoms with E-state index >= 15 is 0 Å². The maximum atomic E-state index is 12.1. The van der Waals surface area contributed by atoms with Gasteiger partial charge in [-0.2, -0.15) is 0 Å². The second-order valence-electron chi connectivity index (χ2n) is 5.55. The lowest BCUT2D eigenvalue weighted by molar-refractivity contribution is -0.114. The fraction of sp³-hybridized carbons (Fsp3) is 0.444. The van der Waals surface area contributed by atoms with Gasteiger partial charge in [-0.15, -0.1) is 0 Å². The third-order valence-electron chi connectivity index (χ3n) is 3.15. The van der Waals surface area contributed by atoms with Crippen molar-refractivity contribution in [2.45, 2.75) is 33.5 Å². The highest BCUT2D eigenvalue weighted by Crippen LogP contribution is 2.13. The molecule has 9 nitrogen and oxygen atoms in total. The van der Waals surface area contributed by atoms with E-state index in [9.17, 15) is 4.79 Å². The molecule has 1 aromatic carbocycles. The van der Waals surface area contributed by atoms with E-state index in [0.717, 1.165) is 0 Å². The van der Waals surface area contributed by atoms with Crippen molar-refractivity contribution in [1.29, 1.82) is 0 Å². The number of likely N-dealkylation sites (N-methyl/N-ethyl adjacent to an activating group) is 1. The Morgan fingerprint density at radius 1 is 1.11 bits per heavy atom. The van der Waals surface area contributed by atoms with Gasteiger partial charge in [0.2, 0.25) is 0 Å². The van der Waals surface area contributed by atoms with Crippen LogP contribution in [0, 0.1) is 0 Å². The van der Waals surface area contributed by atoms with Crippen LogP contribution in [0.3, 0.4) is 0 Å². The molecule has 0 atom stereocenters. The highest BCUT2D eigenvalue weighted by molar-refractivity contribution is 6.45. The number of nitrogens with one attached hydrogen (secondary N) is 1. The number of carbonyl (C=O) groups excluding carboxylic acids is 1. The van der Waals surface area contributed by atoms with E-state index in [2.05, 4.69) is 20.8 Å². The zero-order valence-electron chi connectivity index (χ0n) is 16.5. The first-order chi connectivity index (χ1) is 12.9. The van der Waals surface area contributed by atoms with E-state index in [0.29, 0.717) is 16.8 Å². The molecule has 0 radical (unpaired) electrons. The zero-order chi connectivity index (χ0) is 20.2. The summed E-state index contributed by atoms with van der Waals surface area (Å²) < 4.78 is 5.52. The molecule has 0 aliphatic heterocycles. The van der Waals surface area contributed by atoms with Crippen LogP contribution in [0.2, 0.25) is 0 Å². The molecule has 0 heterocycles. The van der Waals surface area contributed by atoms with Gasteiger partial charge >= 0.3 is 0 Å². The van der Waals surface area contributed by atoms with Gasteiger partial charge in [-0.3, -0.25) is 4.79 Å². The first kappa shape index (κ1) is 21.9. The van der Waals surface area contributed by atoms with Gasteiger partial charge in [0.25, 0.3) is 11.8 Å². The van der Waals surface area contributed by atoms with Gasteiger partial charge in [0.1, 0.15) is 26.5 Å². The summed E-state index contributed by atoms with van der Waals surface area (Å²) in [5.41, 5.74) is 1.85. The van der Waals surface area contributed by atoms with E-state index in [-0.39, 0.29) is 30.2 Å².